The van der Waals surface area contributed by atoms with Crippen LogP contribution in [0.5, 0.6) is 0 Å². The molecule has 0 aromatic heterocycles. The number of hydrogen-bond donors (Lipinski definition) is 1. The van der Waals surface area contributed by atoms with E-state index >= 15 is 0 Å². The molecule has 0 aromatic carbocycles. The Morgan fingerprint density at radius 2 is 2.30 bits per heavy atom. The second kappa shape index (κ2) is 8.48. The van der Waals surface area contributed by atoms with Gasteiger partial charge in [0.15, 0.2) is 0 Å². The highest BCUT2D eigenvalue weighted by Crippen LogP contribution is 1.75. The zero-order valence-corrected chi connectivity index (χ0v) is 6.74. The Balaban J connectivity index is 2.82. The molecular weight excluding hydrogens is 126 g/mol. The lowest BCUT2D eigenvalue weighted by molar-refractivity contribution is 0.194. The molecule has 0 saturated heterocycles. The van der Waals surface area contributed by atoms with E-state index in [0.717, 1.165) is 26.1 Å². The van der Waals surface area contributed by atoms with E-state index in [1.807, 2.05) is 6.92 Å². The van der Waals surface area contributed by atoms with Gasteiger partial charge in [0.05, 0.1) is 6.54 Å². The first-order valence-corrected chi connectivity index (χ1v) is 3.51. The molecule has 1 N–H and O–H groups in total. The van der Waals surface area contributed by atoms with Gasteiger partial charge in [0, 0.05) is 13.7 Å². The number of ether oxygens (including phenoxy) is 1. The molecule has 0 spiro atoms. The fourth-order valence-corrected chi connectivity index (χ4v) is 0.581. The third-order valence-electron chi connectivity index (χ3n) is 1.09. The van der Waals surface area contributed by atoms with Crippen LogP contribution in [0.1, 0.15) is 13.3 Å². The standard InChI is InChI=1S/C8H15NO/c1-3-4-6-9-7-5-8-10-2/h9H,5-8H2,1-2H3. The molecule has 0 saturated carbocycles. The summed E-state index contributed by atoms with van der Waals surface area (Å²) in [4.78, 5) is 0. The summed E-state index contributed by atoms with van der Waals surface area (Å²) in [6.45, 7) is 4.45. The van der Waals surface area contributed by atoms with Crippen LogP contribution in [0.2, 0.25) is 0 Å². The fraction of sp³-hybridized carbons (Fsp3) is 0.750. The maximum atomic E-state index is 4.87. The van der Waals surface area contributed by atoms with Crippen molar-refractivity contribution in [3.05, 3.63) is 0 Å². The molecule has 2 heteroatoms. The minimum atomic E-state index is 0.792. The Labute approximate surface area is 63.0 Å². The topological polar surface area (TPSA) is 21.3 Å². The molecule has 0 aliphatic heterocycles. The predicted molar refractivity (Wildman–Crippen MR) is 42.8 cm³/mol. The summed E-state index contributed by atoms with van der Waals surface area (Å²) >= 11 is 0. The van der Waals surface area contributed by atoms with E-state index < -0.39 is 0 Å². The summed E-state index contributed by atoms with van der Waals surface area (Å²) in [7, 11) is 1.71. The van der Waals surface area contributed by atoms with Gasteiger partial charge in [-0.05, 0) is 19.9 Å². The van der Waals surface area contributed by atoms with Crippen molar-refractivity contribution in [1.82, 2.24) is 5.32 Å². The van der Waals surface area contributed by atoms with Gasteiger partial charge in [0.2, 0.25) is 0 Å². The van der Waals surface area contributed by atoms with Gasteiger partial charge >= 0.3 is 0 Å². The number of methoxy groups -OCH3 is 1. The van der Waals surface area contributed by atoms with E-state index in [2.05, 4.69) is 17.2 Å². The highest BCUT2D eigenvalue weighted by Gasteiger charge is 1.82. The van der Waals surface area contributed by atoms with Crippen molar-refractivity contribution in [3.63, 3.8) is 0 Å². The van der Waals surface area contributed by atoms with Crippen molar-refractivity contribution in [1.29, 1.82) is 0 Å². The first kappa shape index (κ1) is 9.48. The van der Waals surface area contributed by atoms with Gasteiger partial charge in [-0.25, -0.2) is 0 Å². The highest BCUT2D eigenvalue weighted by atomic mass is 16.5. The molecule has 0 aliphatic carbocycles. The van der Waals surface area contributed by atoms with Gasteiger partial charge in [0.25, 0.3) is 0 Å². The second-order valence-electron chi connectivity index (χ2n) is 1.95. The van der Waals surface area contributed by atoms with Crippen LogP contribution in [0.15, 0.2) is 0 Å². The Hall–Kier alpha value is -0.520. The number of rotatable bonds is 5. The fourth-order valence-electron chi connectivity index (χ4n) is 0.581. The van der Waals surface area contributed by atoms with Gasteiger partial charge in [-0.15, -0.1) is 5.92 Å². The van der Waals surface area contributed by atoms with Crippen LogP contribution in [0.3, 0.4) is 0 Å². The molecule has 58 valence electrons. The minimum absolute atomic E-state index is 0.792. The third-order valence-corrected chi connectivity index (χ3v) is 1.09. The molecule has 10 heavy (non-hydrogen) atoms. The van der Waals surface area contributed by atoms with Crippen LogP contribution < -0.4 is 5.32 Å². The van der Waals surface area contributed by atoms with Gasteiger partial charge in [-0.1, -0.05) is 5.92 Å². The summed E-state index contributed by atoms with van der Waals surface area (Å²) in [6, 6.07) is 0. The van der Waals surface area contributed by atoms with Crippen LogP contribution in [0, 0.1) is 11.8 Å². The zero-order chi connectivity index (χ0) is 7.66. The third kappa shape index (κ3) is 7.48. The SMILES string of the molecule is CC#CCNCCCOC. The maximum Gasteiger partial charge on any atom is 0.0576 e. The van der Waals surface area contributed by atoms with Crippen molar-refractivity contribution in [2.24, 2.45) is 0 Å². The van der Waals surface area contributed by atoms with E-state index in [4.69, 9.17) is 4.74 Å². The molecule has 0 aromatic rings. The van der Waals surface area contributed by atoms with Crippen LogP contribution >= 0.6 is 0 Å². The number of hydrogen-bond acceptors (Lipinski definition) is 2. The summed E-state index contributed by atoms with van der Waals surface area (Å²) in [5, 5.41) is 3.17. The average molecular weight is 141 g/mol. The van der Waals surface area contributed by atoms with Crippen LogP contribution in [0.25, 0.3) is 0 Å². The zero-order valence-electron chi connectivity index (χ0n) is 6.74. The summed E-state index contributed by atoms with van der Waals surface area (Å²) in [5.74, 6) is 5.74. The monoisotopic (exact) mass is 141 g/mol. The van der Waals surface area contributed by atoms with E-state index in [1.165, 1.54) is 0 Å². The normalized spacial score (nSPS) is 8.60. The Morgan fingerprint density at radius 1 is 1.50 bits per heavy atom. The van der Waals surface area contributed by atoms with Crippen molar-refractivity contribution in [2.45, 2.75) is 13.3 Å². The van der Waals surface area contributed by atoms with Crippen molar-refractivity contribution >= 4 is 0 Å². The van der Waals surface area contributed by atoms with Crippen molar-refractivity contribution in [2.75, 3.05) is 26.8 Å². The van der Waals surface area contributed by atoms with Crippen LogP contribution in [0.4, 0.5) is 0 Å². The molecular formula is C8H15NO. The van der Waals surface area contributed by atoms with Gasteiger partial charge in [0.1, 0.15) is 0 Å². The molecule has 0 fully saturated rings. The summed E-state index contributed by atoms with van der Waals surface area (Å²) in [5.41, 5.74) is 0. The first-order chi connectivity index (χ1) is 4.91. The Kier molecular flexibility index (Phi) is 8.04. The highest BCUT2D eigenvalue weighted by molar-refractivity contribution is 4.96. The maximum absolute atomic E-state index is 4.87. The molecule has 0 radical (unpaired) electrons. The predicted octanol–water partition coefficient (Wildman–Crippen LogP) is 0.636. The van der Waals surface area contributed by atoms with Crippen LogP contribution in [-0.4, -0.2) is 26.8 Å². The largest absolute Gasteiger partial charge is 0.385 e. The molecule has 0 heterocycles. The molecule has 2 nitrogen and oxygen atoms in total. The van der Waals surface area contributed by atoms with E-state index in [-0.39, 0.29) is 0 Å². The smallest absolute Gasteiger partial charge is 0.0576 e. The molecule has 0 aliphatic rings. The summed E-state index contributed by atoms with van der Waals surface area (Å²) in [6.07, 6.45) is 1.06. The van der Waals surface area contributed by atoms with E-state index in [0.29, 0.717) is 0 Å². The Bertz CT molecular complexity index is 112. The van der Waals surface area contributed by atoms with E-state index in [9.17, 15) is 0 Å². The lowest BCUT2D eigenvalue weighted by atomic mass is 10.4. The molecule has 0 rings (SSSR count). The lowest BCUT2D eigenvalue weighted by Gasteiger charge is -1.98. The van der Waals surface area contributed by atoms with Gasteiger partial charge in [-0.2, -0.15) is 0 Å². The minimum Gasteiger partial charge on any atom is -0.385 e. The van der Waals surface area contributed by atoms with E-state index in [1.54, 1.807) is 7.11 Å². The molecule has 0 unspecified atom stereocenters. The first-order valence-electron chi connectivity index (χ1n) is 3.51. The molecule has 0 amide bonds. The van der Waals surface area contributed by atoms with Crippen molar-refractivity contribution in [3.8, 4) is 11.8 Å². The Morgan fingerprint density at radius 3 is 2.90 bits per heavy atom. The van der Waals surface area contributed by atoms with Gasteiger partial charge < -0.3 is 10.1 Å². The van der Waals surface area contributed by atoms with Crippen molar-refractivity contribution < 1.29 is 4.74 Å². The van der Waals surface area contributed by atoms with Crippen LogP contribution in [-0.2, 0) is 4.74 Å². The quantitative estimate of drug-likeness (QED) is 0.448. The summed E-state index contributed by atoms with van der Waals surface area (Å²) < 4.78 is 4.87. The second-order valence-corrected chi connectivity index (χ2v) is 1.95. The molecule has 0 bridgehead atoms. The lowest BCUT2D eigenvalue weighted by Crippen LogP contribution is -2.16. The average Bonchev–Trinajstić information content (AvgIpc) is 1.97. The molecule has 0 atom stereocenters. The number of nitrogens with one attached hydrogen (secondary N) is 1. The van der Waals surface area contributed by atoms with Gasteiger partial charge in [-0.3, -0.25) is 0 Å².